The first-order valence-corrected chi connectivity index (χ1v) is 14.8. The average Bonchev–Trinajstić information content (AvgIpc) is 3.09. The molecule has 4 aliphatic carbocycles. The Morgan fingerprint density at radius 3 is 2.08 bits per heavy atom. The van der Waals surface area contributed by atoms with E-state index in [4.69, 9.17) is 0 Å². The fraction of sp³-hybridized carbons (Fsp3) is 0.920. The monoisotopic (exact) mass is 531 g/mol. The SMILES string of the molecule is CC1C(C(=O)O)CCC(N(C2CCC(O)C(O)C2)S(=O)(=O)CC23CCC(CC2O)C3(C)C)C1C(=O)O. The van der Waals surface area contributed by atoms with Gasteiger partial charge >= 0.3 is 11.9 Å². The van der Waals surface area contributed by atoms with Crippen molar-refractivity contribution < 1.29 is 43.5 Å². The van der Waals surface area contributed by atoms with E-state index in [1.165, 1.54) is 4.31 Å². The van der Waals surface area contributed by atoms with Crippen molar-refractivity contribution in [2.45, 2.75) is 103 Å². The van der Waals surface area contributed by atoms with Gasteiger partial charge in [-0.05, 0) is 68.6 Å². The lowest BCUT2D eigenvalue weighted by atomic mass is 9.69. The van der Waals surface area contributed by atoms with Gasteiger partial charge in [0.05, 0.1) is 35.9 Å². The summed E-state index contributed by atoms with van der Waals surface area (Å²) in [6, 6.07) is -1.69. The van der Waals surface area contributed by atoms with Gasteiger partial charge in [0.1, 0.15) is 0 Å². The highest BCUT2D eigenvalue weighted by Crippen LogP contribution is 2.66. The second-order valence-electron chi connectivity index (χ2n) is 12.4. The summed E-state index contributed by atoms with van der Waals surface area (Å²) in [7, 11) is -4.15. The summed E-state index contributed by atoms with van der Waals surface area (Å²) < 4.78 is 29.9. The number of fused-ring (bicyclic) bond motifs is 2. The highest BCUT2D eigenvalue weighted by molar-refractivity contribution is 7.89. The van der Waals surface area contributed by atoms with Gasteiger partial charge in [-0.15, -0.1) is 0 Å². The minimum Gasteiger partial charge on any atom is -0.481 e. The molecule has 4 fully saturated rings. The number of aliphatic carboxylic acids is 2. The summed E-state index contributed by atoms with van der Waals surface area (Å²) in [6.07, 6.45) is -0.329. The molecule has 0 aromatic rings. The van der Waals surface area contributed by atoms with Gasteiger partial charge in [0.2, 0.25) is 10.0 Å². The van der Waals surface area contributed by atoms with Crippen molar-refractivity contribution in [3.63, 3.8) is 0 Å². The third kappa shape index (κ3) is 4.28. The first-order valence-electron chi connectivity index (χ1n) is 13.1. The number of aliphatic hydroxyl groups is 3. The fourth-order valence-corrected chi connectivity index (χ4v) is 11.0. The third-order valence-corrected chi connectivity index (χ3v) is 12.7. The zero-order valence-corrected chi connectivity index (χ0v) is 22.1. The smallest absolute Gasteiger partial charge is 0.308 e. The van der Waals surface area contributed by atoms with Crippen LogP contribution >= 0.6 is 0 Å². The molecule has 0 aromatic carbocycles. The molecule has 4 aliphatic rings. The van der Waals surface area contributed by atoms with Crippen LogP contribution in [0, 0.1) is 34.5 Å². The van der Waals surface area contributed by atoms with Crippen LogP contribution in [0.3, 0.4) is 0 Å². The molecule has 10 unspecified atom stereocenters. The Hall–Kier alpha value is -1.27. The van der Waals surface area contributed by atoms with Crippen molar-refractivity contribution in [3.8, 4) is 0 Å². The summed E-state index contributed by atoms with van der Waals surface area (Å²) in [6.45, 7) is 5.56. The maximum absolute atomic E-state index is 14.3. The number of sulfonamides is 1. The predicted octanol–water partition coefficient (Wildman–Crippen LogP) is 1.28. The molecule has 0 radical (unpaired) electrons. The minimum atomic E-state index is -4.15. The van der Waals surface area contributed by atoms with Crippen LogP contribution in [0.4, 0.5) is 0 Å². The van der Waals surface area contributed by atoms with E-state index >= 15 is 0 Å². The average molecular weight is 532 g/mol. The Kier molecular flexibility index (Phi) is 7.31. The summed E-state index contributed by atoms with van der Waals surface area (Å²) in [5, 5.41) is 51.3. The number of aliphatic hydroxyl groups excluding tert-OH is 3. The topological polar surface area (TPSA) is 173 Å². The number of carboxylic acids is 2. The van der Waals surface area contributed by atoms with Crippen LogP contribution in [0.5, 0.6) is 0 Å². The Balaban J connectivity index is 1.75. The molecule has 11 heteroatoms. The van der Waals surface area contributed by atoms with Gasteiger partial charge in [-0.2, -0.15) is 4.31 Å². The van der Waals surface area contributed by atoms with E-state index < -0.39 is 80.9 Å². The maximum atomic E-state index is 14.3. The Morgan fingerprint density at radius 1 is 0.917 bits per heavy atom. The van der Waals surface area contributed by atoms with Crippen molar-refractivity contribution >= 4 is 22.0 Å². The van der Waals surface area contributed by atoms with Crippen molar-refractivity contribution in [1.29, 1.82) is 0 Å². The van der Waals surface area contributed by atoms with Crippen molar-refractivity contribution in [2.24, 2.45) is 34.5 Å². The predicted molar refractivity (Wildman–Crippen MR) is 129 cm³/mol. The lowest BCUT2D eigenvalue weighted by molar-refractivity contribution is -0.155. The standard InChI is InChI=1S/C25H41NO9S/c1-13-16(22(30)31)5-6-17(21(13)23(32)33)26(15-4-7-18(27)19(28)11-15)36(34,35)12-25-9-8-14(10-20(25)29)24(25,2)3/h13-21,27-29H,4-12H2,1-3H3,(H,30,31)(H,32,33). The zero-order chi connectivity index (χ0) is 26.8. The molecular weight excluding hydrogens is 490 g/mol. The molecule has 10 nitrogen and oxygen atoms in total. The van der Waals surface area contributed by atoms with Crippen LogP contribution in [-0.2, 0) is 19.6 Å². The van der Waals surface area contributed by atoms with E-state index in [-0.39, 0.29) is 43.8 Å². The van der Waals surface area contributed by atoms with Crippen molar-refractivity contribution in [1.82, 2.24) is 4.31 Å². The molecule has 4 saturated carbocycles. The number of carbonyl (C=O) groups is 2. The van der Waals surface area contributed by atoms with E-state index in [2.05, 4.69) is 0 Å². The number of hydrogen-bond acceptors (Lipinski definition) is 7. The van der Waals surface area contributed by atoms with Crippen LogP contribution < -0.4 is 0 Å². The van der Waals surface area contributed by atoms with E-state index in [1.807, 2.05) is 13.8 Å². The second-order valence-corrected chi connectivity index (χ2v) is 14.2. The summed E-state index contributed by atoms with van der Waals surface area (Å²) in [4.78, 5) is 24.3. The zero-order valence-electron chi connectivity index (χ0n) is 21.3. The maximum Gasteiger partial charge on any atom is 0.308 e. The van der Waals surface area contributed by atoms with E-state index in [0.717, 1.165) is 6.42 Å². The van der Waals surface area contributed by atoms with Gasteiger partial charge in [0.15, 0.2) is 0 Å². The Bertz CT molecular complexity index is 984. The molecule has 0 amide bonds. The van der Waals surface area contributed by atoms with E-state index in [9.17, 15) is 43.5 Å². The molecule has 0 saturated heterocycles. The van der Waals surface area contributed by atoms with Gasteiger partial charge in [-0.3, -0.25) is 9.59 Å². The Labute approximate surface area is 212 Å². The largest absolute Gasteiger partial charge is 0.481 e. The molecule has 10 atom stereocenters. The van der Waals surface area contributed by atoms with Crippen LogP contribution in [-0.4, -0.2) is 86.3 Å². The molecular formula is C25H41NO9S. The lowest BCUT2D eigenvalue weighted by Gasteiger charge is -2.49. The van der Waals surface area contributed by atoms with Gasteiger partial charge in [0.25, 0.3) is 0 Å². The molecule has 2 bridgehead atoms. The van der Waals surface area contributed by atoms with Gasteiger partial charge < -0.3 is 25.5 Å². The molecule has 4 rings (SSSR count). The molecule has 206 valence electrons. The number of carboxylic acid groups (broad SMARTS) is 2. The quantitative estimate of drug-likeness (QED) is 0.324. The van der Waals surface area contributed by atoms with E-state index in [1.54, 1.807) is 6.92 Å². The van der Waals surface area contributed by atoms with Crippen LogP contribution in [0.15, 0.2) is 0 Å². The third-order valence-electron chi connectivity index (χ3n) is 10.6. The molecule has 0 aromatic heterocycles. The van der Waals surface area contributed by atoms with Crippen LogP contribution in [0.1, 0.15) is 72.1 Å². The van der Waals surface area contributed by atoms with Crippen LogP contribution in [0.25, 0.3) is 0 Å². The fourth-order valence-electron chi connectivity index (χ4n) is 8.24. The normalized spacial score (nSPS) is 44.6. The molecule has 0 heterocycles. The summed E-state index contributed by atoms with van der Waals surface area (Å²) in [5.41, 5.74) is -1.27. The molecule has 0 spiro atoms. The minimum absolute atomic E-state index is 0.0262. The van der Waals surface area contributed by atoms with Gasteiger partial charge in [-0.1, -0.05) is 20.8 Å². The summed E-state index contributed by atoms with van der Waals surface area (Å²) in [5.74, 6) is -5.36. The lowest BCUT2D eigenvalue weighted by Crippen LogP contribution is -2.60. The highest BCUT2D eigenvalue weighted by atomic mass is 32.2. The highest BCUT2D eigenvalue weighted by Gasteiger charge is 2.66. The van der Waals surface area contributed by atoms with Crippen LogP contribution in [0.2, 0.25) is 0 Å². The number of nitrogens with zero attached hydrogens (tertiary/aromatic N) is 1. The van der Waals surface area contributed by atoms with Gasteiger partial charge in [-0.25, -0.2) is 8.42 Å². The second kappa shape index (κ2) is 9.48. The van der Waals surface area contributed by atoms with Gasteiger partial charge in [0, 0.05) is 17.5 Å². The molecule has 5 N–H and O–H groups in total. The number of rotatable bonds is 7. The van der Waals surface area contributed by atoms with Crippen molar-refractivity contribution in [3.05, 3.63) is 0 Å². The Morgan fingerprint density at radius 2 is 1.58 bits per heavy atom. The van der Waals surface area contributed by atoms with E-state index in [0.29, 0.717) is 12.8 Å². The van der Waals surface area contributed by atoms with Crippen molar-refractivity contribution in [2.75, 3.05) is 5.75 Å². The summed E-state index contributed by atoms with van der Waals surface area (Å²) >= 11 is 0. The molecule has 36 heavy (non-hydrogen) atoms. The first kappa shape index (κ1) is 27.8. The first-order chi connectivity index (χ1) is 16.6. The molecule has 0 aliphatic heterocycles. The number of hydrogen-bond donors (Lipinski definition) is 5.